The van der Waals surface area contributed by atoms with Gasteiger partial charge >= 0.3 is 0 Å². The van der Waals surface area contributed by atoms with Gasteiger partial charge in [0.2, 0.25) is 0 Å². The summed E-state index contributed by atoms with van der Waals surface area (Å²) in [6, 6.07) is 8.81. The molecule has 1 aromatic rings. The summed E-state index contributed by atoms with van der Waals surface area (Å²) < 4.78 is 0. The van der Waals surface area contributed by atoms with Crippen LogP contribution in [0.25, 0.3) is 0 Å². The Morgan fingerprint density at radius 2 is 2.05 bits per heavy atom. The molecule has 0 bridgehead atoms. The van der Waals surface area contributed by atoms with Crippen molar-refractivity contribution in [2.75, 3.05) is 13.1 Å². The van der Waals surface area contributed by atoms with E-state index in [2.05, 4.69) is 47.4 Å². The third kappa shape index (κ3) is 3.29. The lowest BCUT2D eigenvalue weighted by atomic mass is 9.99. The maximum atomic E-state index is 6.16. The van der Waals surface area contributed by atoms with Crippen molar-refractivity contribution in [3.05, 3.63) is 59.2 Å². The third-order valence-corrected chi connectivity index (χ3v) is 4.32. The highest BCUT2D eigenvalue weighted by Gasteiger charge is 2.15. The summed E-state index contributed by atoms with van der Waals surface area (Å²) in [6.07, 6.45) is 9.90. The molecule has 1 heterocycles. The van der Waals surface area contributed by atoms with Gasteiger partial charge < -0.3 is 0 Å². The highest BCUT2D eigenvalue weighted by Crippen LogP contribution is 2.21. The van der Waals surface area contributed by atoms with E-state index in [1.165, 1.54) is 29.7 Å². The number of nitrogens with zero attached hydrogens (tertiary/aromatic N) is 1. The lowest BCUT2D eigenvalue weighted by Gasteiger charge is -2.29. The minimum absolute atomic E-state index is 0.196. The molecule has 100 valence electrons. The Bertz CT molecular complexity index is 504. The van der Waals surface area contributed by atoms with Crippen LogP contribution in [0.1, 0.15) is 24.0 Å². The second-order valence-electron chi connectivity index (χ2n) is 5.44. The minimum Gasteiger partial charge on any atom is -0.298 e. The lowest BCUT2D eigenvalue weighted by Crippen LogP contribution is -2.31. The maximum absolute atomic E-state index is 6.16. The van der Waals surface area contributed by atoms with Gasteiger partial charge in [-0.05, 0) is 36.0 Å². The first-order valence-electron chi connectivity index (χ1n) is 7.12. The lowest BCUT2D eigenvalue weighted by molar-refractivity contribution is 0.257. The Hall–Kier alpha value is -1.05. The second-order valence-corrected chi connectivity index (χ2v) is 6.00. The number of hydrogen-bond acceptors (Lipinski definition) is 1. The first-order valence-corrected chi connectivity index (χ1v) is 7.55. The van der Waals surface area contributed by atoms with Crippen molar-refractivity contribution in [1.29, 1.82) is 0 Å². The van der Waals surface area contributed by atoms with E-state index in [9.17, 15) is 0 Å². The zero-order valence-electron chi connectivity index (χ0n) is 11.2. The highest BCUT2D eigenvalue weighted by atomic mass is 35.5. The van der Waals surface area contributed by atoms with Crippen molar-refractivity contribution in [1.82, 2.24) is 4.90 Å². The van der Waals surface area contributed by atoms with E-state index in [0.29, 0.717) is 0 Å². The molecule has 1 unspecified atom stereocenters. The summed E-state index contributed by atoms with van der Waals surface area (Å²) in [5, 5.41) is 0.196. The molecule has 1 aliphatic carbocycles. The zero-order chi connectivity index (χ0) is 13.1. The first-order chi connectivity index (χ1) is 9.31. The van der Waals surface area contributed by atoms with Crippen LogP contribution >= 0.6 is 11.6 Å². The van der Waals surface area contributed by atoms with E-state index in [0.717, 1.165) is 25.9 Å². The molecule has 0 saturated heterocycles. The molecule has 2 aliphatic rings. The summed E-state index contributed by atoms with van der Waals surface area (Å²) >= 11 is 6.16. The van der Waals surface area contributed by atoms with Crippen LogP contribution in [0.3, 0.4) is 0 Å². The van der Waals surface area contributed by atoms with Gasteiger partial charge in [-0.2, -0.15) is 0 Å². The Balaban J connectivity index is 1.56. The number of alkyl halides is 1. The van der Waals surface area contributed by atoms with Crippen LogP contribution in [-0.4, -0.2) is 23.4 Å². The van der Waals surface area contributed by atoms with Gasteiger partial charge in [0.15, 0.2) is 0 Å². The summed E-state index contributed by atoms with van der Waals surface area (Å²) in [5.74, 6) is 0. The normalized spacial score (nSPS) is 23.0. The number of benzene rings is 1. The molecule has 1 aromatic carbocycles. The van der Waals surface area contributed by atoms with E-state index in [4.69, 9.17) is 11.6 Å². The van der Waals surface area contributed by atoms with Crippen LogP contribution in [-0.2, 0) is 13.0 Å². The summed E-state index contributed by atoms with van der Waals surface area (Å²) in [7, 11) is 0. The van der Waals surface area contributed by atoms with Gasteiger partial charge in [-0.15, -0.1) is 11.6 Å². The van der Waals surface area contributed by atoms with Crippen molar-refractivity contribution in [2.24, 2.45) is 0 Å². The smallest absolute Gasteiger partial charge is 0.0556 e. The Labute approximate surface area is 120 Å². The van der Waals surface area contributed by atoms with Gasteiger partial charge in [0, 0.05) is 19.6 Å². The van der Waals surface area contributed by atoms with Gasteiger partial charge in [-0.3, -0.25) is 4.90 Å². The molecular formula is C17H20ClN. The summed E-state index contributed by atoms with van der Waals surface area (Å²) in [5.41, 5.74) is 4.42. The SMILES string of the molecule is ClC1C=C(CCN2CCc3ccccc3C2)C=CC1. The standard InChI is InChI=1S/C17H20ClN/c18-17-7-3-4-14(12-17)8-10-19-11-9-15-5-1-2-6-16(15)13-19/h1-6,12,17H,7-11,13H2. The quantitative estimate of drug-likeness (QED) is 0.755. The highest BCUT2D eigenvalue weighted by molar-refractivity contribution is 6.22. The average Bonchev–Trinajstić information content (AvgIpc) is 2.45. The molecule has 1 atom stereocenters. The van der Waals surface area contributed by atoms with Crippen molar-refractivity contribution in [2.45, 2.75) is 31.2 Å². The molecule has 0 spiro atoms. The Kier molecular flexibility index (Phi) is 4.05. The molecule has 1 aliphatic heterocycles. The molecule has 0 N–H and O–H groups in total. The molecular weight excluding hydrogens is 254 g/mol. The van der Waals surface area contributed by atoms with Crippen LogP contribution in [0.15, 0.2) is 48.1 Å². The molecule has 1 nitrogen and oxygen atoms in total. The van der Waals surface area contributed by atoms with Gasteiger partial charge in [-0.1, -0.05) is 42.5 Å². The number of rotatable bonds is 3. The van der Waals surface area contributed by atoms with E-state index in [1.54, 1.807) is 0 Å². The van der Waals surface area contributed by atoms with Crippen LogP contribution in [0.4, 0.5) is 0 Å². The van der Waals surface area contributed by atoms with Gasteiger partial charge in [0.25, 0.3) is 0 Å². The fraction of sp³-hybridized carbons (Fsp3) is 0.412. The molecule has 3 rings (SSSR count). The zero-order valence-corrected chi connectivity index (χ0v) is 11.9. The molecule has 19 heavy (non-hydrogen) atoms. The molecule has 0 fully saturated rings. The van der Waals surface area contributed by atoms with Gasteiger partial charge in [0.05, 0.1) is 5.38 Å². The van der Waals surface area contributed by atoms with Crippen molar-refractivity contribution < 1.29 is 0 Å². The predicted octanol–water partition coefficient (Wildman–Crippen LogP) is 3.93. The van der Waals surface area contributed by atoms with Crippen LogP contribution < -0.4 is 0 Å². The van der Waals surface area contributed by atoms with Gasteiger partial charge in [0.1, 0.15) is 0 Å². The minimum atomic E-state index is 0.196. The maximum Gasteiger partial charge on any atom is 0.0556 e. The fourth-order valence-corrected chi connectivity index (χ4v) is 3.17. The summed E-state index contributed by atoms with van der Waals surface area (Å²) in [6.45, 7) is 3.41. The number of allylic oxidation sites excluding steroid dienone is 3. The average molecular weight is 274 g/mol. The molecule has 0 saturated carbocycles. The number of fused-ring (bicyclic) bond motifs is 1. The van der Waals surface area contributed by atoms with Crippen molar-refractivity contribution >= 4 is 11.6 Å². The van der Waals surface area contributed by atoms with E-state index < -0.39 is 0 Å². The molecule has 0 aromatic heterocycles. The van der Waals surface area contributed by atoms with Crippen LogP contribution in [0.5, 0.6) is 0 Å². The number of hydrogen-bond donors (Lipinski definition) is 0. The number of halogens is 1. The molecule has 0 amide bonds. The van der Waals surface area contributed by atoms with Gasteiger partial charge in [-0.25, -0.2) is 0 Å². The third-order valence-electron chi connectivity index (χ3n) is 4.01. The Morgan fingerprint density at radius 1 is 1.21 bits per heavy atom. The molecule has 0 radical (unpaired) electrons. The fourth-order valence-electron chi connectivity index (χ4n) is 2.90. The van der Waals surface area contributed by atoms with E-state index >= 15 is 0 Å². The van der Waals surface area contributed by atoms with Crippen LogP contribution in [0, 0.1) is 0 Å². The predicted molar refractivity (Wildman–Crippen MR) is 81.5 cm³/mol. The Morgan fingerprint density at radius 3 is 2.89 bits per heavy atom. The van der Waals surface area contributed by atoms with Crippen LogP contribution in [0.2, 0.25) is 0 Å². The largest absolute Gasteiger partial charge is 0.298 e. The summed E-state index contributed by atoms with van der Waals surface area (Å²) in [4.78, 5) is 2.55. The second kappa shape index (κ2) is 5.94. The van der Waals surface area contributed by atoms with Crippen molar-refractivity contribution in [3.63, 3.8) is 0 Å². The van der Waals surface area contributed by atoms with Crippen molar-refractivity contribution in [3.8, 4) is 0 Å². The van der Waals surface area contributed by atoms with E-state index in [-0.39, 0.29) is 5.38 Å². The topological polar surface area (TPSA) is 3.24 Å². The molecule has 2 heteroatoms. The monoisotopic (exact) mass is 273 g/mol. The van der Waals surface area contributed by atoms with E-state index in [1.807, 2.05) is 0 Å². The first kappa shape index (κ1) is 13.0.